The summed E-state index contributed by atoms with van der Waals surface area (Å²) in [7, 11) is 0. The molecule has 138 valence electrons. The Kier molecular flexibility index (Phi) is 7.87. The second-order valence-corrected chi connectivity index (χ2v) is 6.67. The van der Waals surface area contributed by atoms with E-state index in [-0.39, 0.29) is 11.8 Å². The van der Waals surface area contributed by atoms with E-state index in [4.69, 9.17) is 0 Å². The van der Waals surface area contributed by atoms with Gasteiger partial charge in [-0.15, -0.1) is 0 Å². The quantitative estimate of drug-likeness (QED) is 0.681. The molecule has 0 radical (unpaired) electrons. The second-order valence-electron chi connectivity index (χ2n) is 6.67. The van der Waals surface area contributed by atoms with E-state index in [1.54, 1.807) is 0 Å². The van der Waals surface area contributed by atoms with E-state index in [2.05, 4.69) is 59.2 Å². The van der Waals surface area contributed by atoms with Crippen LogP contribution in [0.5, 0.6) is 0 Å². The highest BCUT2D eigenvalue weighted by Crippen LogP contribution is 2.06. The minimum absolute atomic E-state index is 0.0134. The van der Waals surface area contributed by atoms with Crippen LogP contribution in [0.15, 0.2) is 48.5 Å². The second kappa shape index (κ2) is 10.4. The first-order chi connectivity index (χ1) is 12.5. The smallest absolute Gasteiger partial charge is 0.220 e. The van der Waals surface area contributed by atoms with Crippen LogP contribution in [0.3, 0.4) is 0 Å². The van der Waals surface area contributed by atoms with Crippen molar-refractivity contribution in [2.45, 2.75) is 39.5 Å². The number of carbonyl (C=O) groups is 2. The van der Waals surface area contributed by atoms with E-state index >= 15 is 0 Å². The SMILES string of the molecule is Cc1ccc(CCC(=O)NCCNC(=O)CCc2ccc(C)cc2)cc1. The zero-order valence-corrected chi connectivity index (χ0v) is 15.7. The molecule has 26 heavy (non-hydrogen) atoms. The largest absolute Gasteiger partial charge is 0.354 e. The maximum absolute atomic E-state index is 11.8. The lowest BCUT2D eigenvalue weighted by atomic mass is 10.1. The average Bonchev–Trinajstić information content (AvgIpc) is 2.64. The summed E-state index contributed by atoms with van der Waals surface area (Å²) in [6.07, 6.45) is 2.39. The van der Waals surface area contributed by atoms with Gasteiger partial charge in [-0.25, -0.2) is 0 Å². The third kappa shape index (κ3) is 7.51. The van der Waals surface area contributed by atoms with Gasteiger partial charge in [-0.05, 0) is 37.8 Å². The summed E-state index contributed by atoms with van der Waals surface area (Å²) in [5, 5.41) is 5.69. The highest BCUT2D eigenvalue weighted by Gasteiger charge is 2.04. The van der Waals surface area contributed by atoms with Gasteiger partial charge in [0, 0.05) is 25.9 Å². The lowest BCUT2D eigenvalue weighted by molar-refractivity contribution is -0.122. The van der Waals surface area contributed by atoms with Gasteiger partial charge in [0.1, 0.15) is 0 Å². The molecule has 0 saturated carbocycles. The molecule has 0 spiro atoms. The summed E-state index contributed by atoms with van der Waals surface area (Å²) < 4.78 is 0. The number of carbonyl (C=O) groups excluding carboxylic acids is 2. The number of hydrogen-bond donors (Lipinski definition) is 2. The number of aryl methyl sites for hydroxylation is 4. The molecule has 2 rings (SSSR count). The Morgan fingerprint density at radius 1 is 0.654 bits per heavy atom. The van der Waals surface area contributed by atoms with Crippen LogP contribution in [-0.4, -0.2) is 24.9 Å². The molecule has 0 aliphatic carbocycles. The molecule has 0 aliphatic heterocycles. The zero-order valence-electron chi connectivity index (χ0n) is 15.7. The molecular weight excluding hydrogens is 324 g/mol. The van der Waals surface area contributed by atoms with Gasteiger partial charge in [0.05, 0.1) is 0 Å². The topological polar surface area (TPSA) is 58.2 Å². The summed E-state index contributed by atoms with van der Waals surface area (Å²) in [4.78, 5) is 23.7. The maximum atomic E-state index is 11.8. The lowest BCUT2D eigenvalue weighted by Crippen LogP contribution is -2.34. The molecule has 0 bridgehead atoms. The monoisotopic (exact) mass is 352 g/mol. The van der Waals surface area contributed by atoms with Gasteiger partial charge in [-0.2, -0.15) is 0 Å². The molecule has 2 amide bonds. The van der Waals surface area contributed by atoms with Gasteiger partial charge in [0.15, 0.2) is 0 Å². The fourth-order valence-electron chi connectivity index (χ4n) is 2.61. The Hall–Kier alpha value is -2.62. The van der Waals surface area contributed by atoms with Gasteiger partial charge >= 0.3 is 0 Å². The first kappa shape index (κ1) is 19.7. The van der Waals surface area contributed by atoms with E-state index in [0.29, 0.717) is 25.9 Å². The van der Waals surface area contributed by atoms with E-state index in [1.807, 2.05) is 13.8 Å². The molecular formula is C22H28N2O2. The van der Waals surface area contributed by atoms with Crippen LogP contribution in [0.2, 0.25) is 0 Å². The van der Waals surface area contributed by atoms with Gasteiger partial charge in [-0.3, -0.25) is 9.59 Å². The Morgan fingerprint density at radius 2 is 1.00 bits per heavy atom. The first-order valence-electron chi connectivity index (χ1n) is 9.17. The van der Waals surface area contributed by atoms with Crippen LogP contribution in [0.4, 0.5) is 0 Å². The van der Waals surface area contributed by atoms with E-state index < -0.39 is 0 Å². The molecule has 0 fully saturated rings. The van der Waals surface area contributed by atoms with Crippen molar-refractivity contribution in [1.82, 2.24) is 10.6 Å². The van der Waals surface area contributed by atoms with Gasteiger partial charge < -0.3 is 10.6 Å². The highest BCUT2D eigenvalue weighted by atomic mass is 16.2. The molecule has 0 saturated heterocycles. The van der Waals surface area contributed by atoms with Crippen molar-refractivity contribution in [2.24, 2.45) is 0 Å². The van der Waals surface area contributed by atoms with Crippen molar-refractivity contribution in [1.29, 1.82) is 0 Å². The van der Waals surface area contributed by atoms with Gasteiger partial charge in [0.25, 0.3) is 0 Å². The standard InChI is InChI=1S/C22H28N2O2/c1-17-3-7-19(8-4-17)11-13-21(25)23-15-16-24-22(26)14-12-20-9-5-18(2)6-10-20/h3-10H,11-16H2,1-2H3,(H,23,25)(H,24,26). The van der Waals surface area contributed by atoms with E-state index in [9.17, 15) is 9.59 Å². The van der Waals surface area contributed by atoms with Crippen LogP contribution in [-0.2, 0) is 22.4 Å². The Morgan fingerprint density at radius 3 is 1.35 bits per heavy atom. The third-order valence-electron chi connectivity index (χ3n) is 4.29. The minimum Gasteiger partial charge on any atom is -0.354 e. The molecule has 0 atom stereocenters. The predicted molar refractivity (Wildman–Crippen MR) is 105 cm³/mol. The van der Waals surface area contributed by atoms with Crippen molar-refractivity contribution >= 4 is 11.8 Å². The number of nitrogens with one attached hydrogen (secondary N) is 2. The predicted octanol–water partition coefficient (Wildman–Crippen LogP) is 3.10. The molecule has 2 N–H and O–H groups in total. The fourth-order valence-corrected chi connectivity index (χ4v) is 2.61. The highest BCUT2D eigenvalue weighted by molar-refractivity contribution is 5.77. The minimum atomic E-state index is 0.0134. The van der Waals surface area contributed by atoms with Crippen molar-refractivity contribution < 1.29 is 9.59 Å². The summed E-state index contributed by atoms with van der Waals surface area (Å²) in [5.41, 5.74) is 4.76. The Balaban J connectivity index is 1.54. The van der Waals surface area contributed by atoms with E-state index in [0.717, 1.165) is 24.0 Å². The van der Waals surface area contributed by atoms with Crippen LogP contribution >= 0.6 is 0 Å². The molecule has 0 aliphatic rings. The summed E-state index contributed by atoms with van der Waals surface area (Å²) in [6, 6.07) is 16.4. The Labute approximate surface area is 156 Å². The molecule has 2 aromatic carbocycles. The summed E-state index contributed by atoms with van der Waals surface area (Å²) in [6.45, 7) is 5.02. The summed E-state index contributed by atoms with van der Waals surface area (Å²) in [5.74, 6) is 0.0268. The molecule has 4 heteroatoms. The Bertz CT molecular complexity index is 642. The number of hydrogen-bond acceptors (Lipinski definition) is 2. The number of amides is 2. The number of benzene rings is 2. The molecule has 0 unspecified atom stereocenters. The average molecular weight is 352 g/mol. The van der Waals surface area contributed by atoms with Crippen molar-refractivity contribution in [2.75, 3.05) is 13.1 Å². The normalized spacial score (nSPS) is 10.4. The lowest BCUT2D eigenvalue weighted by Gasteiger charge is -2.08. The van der Waals surface area contributed by atoms with Crippen LogP contribution in [0, 0.1) is 13.8 Å². The third-order valence-corrected chi connectivity index (χ3v) is 4.29. The van der Waals surface area contributed by atoms with Crippen molar-refractivity contribution in [3.05, 3.63) is 70.8 Å². The molecule has 4 nitrogen and oxygen atoms in total. The molecule has 0 aromatic heterocycles. The van der Waals surface area contributed by atoms with E-state index in [1.165, 1.54) is 11.1 Å². The fraction of sp³-hybridized carbons (Fsp3) is 0.364. The van der Waals surface area contributed by atoms with Crippen LogP contribution < -0.4 is 10.6 Å². The van der Waals surface area contributed by atoms with Crippen LogP contribution in [0.25, 0.3) is 0 Å². The molecule has 0 heterocycles. The van der Waals surface area contributed by atoms with Gasteiger partial charge in [0.2, 0.25) is 11.8 Å². The van der Waals surface area contributed by atoms with Gasteiger partial charge in [-0.1, -0.05) is 59.7 Å². The maximum Gasteiger partial charge on any atom is 0.220 e. The summed E-state index contributed by atoms with van der Waals surface area (Å²) >= 11 is 0. The molecule has 2 aromatic rings. The van der Waals surface area contributed by atoms with Crippen LogP contribution in [0.1, 0.15) is 35.1 Å². The van der Waals surface area contributed by atoms with Crippen molar-refractivity contribution in [3.8, 4) is 0 Å². The van der Waals surface area contributed by atoms with Crippen molar-refractivity contribution in [3.63, 3.8) is 0 Å². The zero-order chi connectivity index (χ0) is 18.8. The number of rotatable bonds is 9. The first-order valence-corrected chi connectivity index (χ1v) is 9.17.